The number of halogens is 2. The Morgan fingerprint density at radius 2 is 1.76 bits per heavy atom. The van der Waals surface area contributed by atoms with Gasteiger partial charge in [0.25, 0.3) is 0 Å². The number of nitrogens with zero attached hydrogens (tertiary/aromatic N) is 1. The third-order valence-electron chi connectivity index (χ3n) is 4.12. The van der Waals surface area contributed by atoms with Crippen molar-refractivity contribution in [3.8, 4) is 0 Å². The molecule has 21 heavy (non-hydrogen) atoms. The number of hydrogen-bond donors (Lipinski definition) is 1. The molecule has 112 valence electrons. The maximum absolute atomic E-state index is 12.3. The molecule has 0 spiro atoms. The van der Waals surface area contributed by atoms with E-state index in [2.05, 4.69) is 0 Å². The summed E-state index contributed by atoms with van der Waals surface area (Å²) in [6.07, 6.45) is 2.51. The molecular formula is C15H15Cl2NO3. The molecule has 1 heterocycles. The first kappa shape index (κ1) is 14.7. The molecule has 0 radical (unpaired) electrons. The van der Waals surface area contributed by atoms with Crippen molar-refractivity contribution in [2.75, 3.05) is 0 Å². The largest absolute Gasteiger partial charge is 0.481 e. The number of piperidine rings is 1. The van der Waals surface area contributed by atoms with Gasteiger partial charge in [-0.15, -0.1) is 0 Å². The first-order chi connectivity index (χ1) is 9.97. The number of amides is 1. The van der Waals surface area contributed by atoms with Crippen LogP contribution in [0.15, 0.2) is 18.2 Å². The zero-order chi connectivity index (χ0) is 15.1. The van der Waals surface area contributed by atoms with E-state index in [1.807, 2.05) is 0 Å². The lowest BCUT2D eigenvalue weighted by Crippen LogP contribution is -2.46. The smallest absolute Gasteiger partial charge is 0.308 e. The van der Waals surface area contributed by atoms with Crippen molar-refractivity contribution in [3.63, 3.8) is 0 Å². The van der Waals surface area contributed by atoms with E-state index in [0.717, 1.165) is 12.8 Å². The molecule has 0 aromatic heterocycles. The molecule has 2 fully saturated rings. The fourth-order valence-electron chi connectivity index (χ4n) is 3.10. The predicted molar refractivity (Wildman–Crippen MR) is 79.4 cm³/mol. The Kier molecular flexibility index (Phi) is 3.84. The van der Waals surface area contributed by atoms with Gasteiger partial charge in [0.05, 0.1) is 12.0 Å². The van der Waals surface area contributed by atoms with Crippen LogP contribution in [0.5, 0.6) is 0 Å². The molecule has 4 nitrogen and oxygen atoms in total. The highest BCUT2D eigenvalue weighted by atomic mass is 35.5. The Morgan fingerprint density at radius 3 is 2.29 bits per heavy atom. The van der Waals surface area contributed by atoms with Crippen molar-refractivity contribution in [1.82, 2.24) is 4.90 Å². The number of hydrogen-bond acceptors (Lipinski definition) is 2. The van der Waals surface area contributed by atoms with Crippen LogP contribution in [-0.2, 0) is 9.59 Å². The molecule has 1 N–H and O–H groups in total. The fourth-order valence-corrected chi connectivity index (χ4v) is 3.64. The lowest BCUT2D eigenvalue weighted by Gasteiger charge is -2.40. The molecule has 1 aromatic carbocycles. The summed E-state index contributed by atoms with van der Waals surface area (Å²) in [7, 11) is 0. The molecule has 1 aliphatic heterocycles. The summed E-state index contributed by atoms with van der Waals surface area (Å²) in [5.41, 5.74) is 0.708. The summed E-state index contributed by atoms with van der Waals surface area (Å²) in [5, 5.41) is 10.4. The van der Waals surface area contributed by atoms with Crippen molar-refractivity contribution >= 4 is 35.1 Å². The minimum atomic E-state index is -0.880. The lowest BCUT2D eigenvalue weighted by atomic mass is 9.84. The maximum Gasteiger partial charge on any atom is 0.308 e. The average molecular weight is 328 g/mol. The molecule has 2 atom stereocenters. The molecule has 3 rings (SSSR count). The van der Waals surface area contributed by atoms with Crippen LogP contribution in [0, 0.1) is 5.92 Å². The van der Waals surface area contributed by atoms with Gasteiger partial charge in [-0.2, -0.15) is 0 Å². The van der Waals surface area contributed by atoms with Crippen LogP contribution in [0.2, 0.25) is 10.0 Å². The van der Waals surface area contributed by atoms with Gasteiger partial charge in [-0.1, -0.05) is 23.2 Å². The van der Waals surface area contributed by atoms with E-state index in [9.17, 15) is 14.7 Å². The molecule has 1 saturated carbocycles. The van der Waals surface area contributed by atoms with Gasteiger partial charge in [-0.3, -0.25) is 9.59 Å². The van der Waals surface area contributed by atoms with Crippen molar-refractivity contribution in [2.45, 2.75) is 37.8 Å². The summed E-state index contributed by atoms with van der Waals surface area (Å²) in [6, 6.07) is 4.70. The lowest BCUT2D eigenvalue weighted by molar-refractivity contribution is -0.152. The molecule has 6 heteroatoms. The van der Waals surface area contributed by atoms with Crippen LogP contribution in [0.1, 0.15) is 37.3 Å². The van der Waals surface area contributed by atoms with Crippen molar-refractivity contribution in [1.29, 1.82) is 0 Å². The Labute approximate surface area is 132 Å². The second-order valence-electron chi connectivity index (χ2n) is 5.66. The zero-order valence-corrected chi connectivity index (χ0v) is 12.8. The zero-order valence-electron chi connectivity index (χ0n) is 11.3. The summed E-state index contributed by atoms with van der Waals surface area (Å²) >= 11 is 12.1. The fraction of sp³-hybridized carbons (Fsp3) is 0.467. The van der Waals surface area contributed by atoms with Crippen molar-refractivity contribution < 1.29 is 14.7 Å². The summed E-state index contributed by atoms with van der Waals surface area (Å²) in [4.78, 5) is 25.6. The van der Waals surface area contributed by atoms with E-state index < -0.39 is 17.9 Å². The number of carboxylic acid groups (broad SMARTS) is 1. The summed E-state index contributed by atoms with van der Waals surface area (Å²) < 4.78 is 0. The van der Waals surface area contributed by atoms with Gasteiger partial charge in [0.1, 0.15) is 0 Å². The second-order valence-corrected chi connectivity index (χ2v) is 6.54. The van der Waals surface area contributed by atoms with Gasteiger partial charge in [-0.05, 0) is 43.0 Å². The highest BCUT2D eigenvalue weighted by Gasteiger charge is 2.46. The molecule has 1 aromatic rings. The molecule has 2 aliphatic rings. The van der Waals surface area contributed by atoms with Gasteiger partial charge in [0.2, 0.25) is 5.91 Å². The third kappa shape index (κ3) is 2.87. The molecule has 1 aliphatic carbocycles. The predicted octanol–water partition coefficient (Wildman–Crippen LogP) is 3.52. The monoisotopic (exact) mass is 327 g/mol. The standard InChI is InChI=1S/C15H15Cl2NO3/c16-9-5-8(6-10(17)7-9)14-12(15(20)21)3-4-13(19)18(14)11-1-2-11/h5-7,11-12,14H,1-4H2,(H,20,21). The van der Waals surface area contributed by atoms with Crippen LogP contribution >= 0.6 is 23.2 Å². The number of aliphatic carboxylic acids is 1. The van der Waals surface area contributed by atoms with Gasteiger partial charge >= 0.3 is 5.97 Å². The van der Waals surface area contributed by atoms with Crippen LogP contribution in [0.25, 0.3) is 0 Å². The van der Waals surface area contributed by atoms with Crippen LogP contribution < -0.4 is 0 Å². The van der Waals surface area contributed by atoms with Crippen LogP contribution in [0.3, 0.4) is 0 Å². The molecular weight excluding hydrogens is 313 g/mol. The Morgan fingerprint density at radius 1 is 1.14 bits per heavy atom. The molecule has 0 bridgehead atoms. The SMILES string of the molecule is O=C(O)C1CCC(=O)N(C2CC2)C1c1cc(Cl)cc(Cl)c1. The third-order valence-corrected chi connectivity index (χ3v) is 4.56. The summed E-state index contributed by atoms with van der Waals surface area (Å²) in [5.74, 6) is -1.47. The second kappa shape index (κ2) is 5.50. The van der Waals surface area contributed by atoms with Gasteiger partial charge in [0, 0.05) is 22.5 Å². The maximum atomic E-state index is 12.3. The number of carboxylic acids is 1. The number of benzene rings is 1. The van der Waals surface area contributed by atoms with Gasteiger partial charge < -0.3 is 10.0 Å². The van der Waals surface area contributed by atoms with Gasteiger partial charge in [0.15, 0.2) is 0 Å². The first-order valence-electron chi connectivity index (χ1n) is 6.97. The van der Waals surface area contributed by atoms with E-state index in [4.69, 9.17) is 23.2 Å². The van der Waals surface area contributed by atoms with Crippen LogP contribution in [0.4, 0.5) is 0 Å². The Bertz CT molecular complexity index is 580. The molecule has 1 saturated heterocycles. The van der Waals surface area contributed by atoms with E-state index in [1.54, 1.807) is 23.1 Å². The van der Waals surface area contributed by atoms with Crippen LogP contribution in [-0.4, -0.2) is 27.9 Å². The van der Waals surface area contributed by atoms with E-state index >= 15 is 0 Å². The first-order valence-corrected chi connectivity index (χ1v) is 7.73. The number of rotatable bonds is 3. The molecule has 1 amide bonds. The van der Waals surface area contributed by atoms with E-state index in [-0.39, 0.29) is 18.4 Å². The highest BCUT2D eigenvalue weighted by molar-refractivity contribution is 6.34. The molecule has 2 unspecified atom stereocenters. The average Bonchev–Trinajstić information content (AvgIpc) is 3.20. The van der Waals surface area contributed by atoms with E-state index in [1.165, 1.54) is 0 Å². The Balaban J connectivity index is 2.05. The number of likely N-dealkylation sites (tertiary alicyclic amines) is 1. The summed E-state index contributed by atoms with van der Waals surface area (Å²) in [6.45, 7) is 0. The normalized spacial score (nSPS) is 26.0. The highest BCUT2D eigenvalue weighted by Crippen LogP contribution is 2.44. The minimum absolute atomic E-state index is 0.0242. The van der Waals surface area contributed by atoms with E-state index in [0.29, 0.717) is 22.0 Å². The number of carbonyl (C=O) groups excluding carboxylic acids is 1. The van der Waals surface area contributed by atoms with Crippen molar-refractivity contribution in [3.05, 3.63) is 33.8 Å². The quantitative estimate of drug-likeness (QED) is 0.924. The topological polar surface area (TPSA) is 57.6 Å². The Hall–Kier alpha value is -1.26. The minimum Gasteiger partial charge on any atom is -0.481 e. The number of carbonyl (C=O) groups is 2. The van der Waals surface area contributed by atoms with Gasteiger partial charge in [-0.25, -0.2) is 0 Å². The van der Waals surface area contributed by atoms with Crippen molar-refractivity contribution in [2.24, 2.45) is 5.92 Å².